The first kappa shape index (κ1) is 22.7. The van der Waals surface area contributed by atoms with E-state index in [1.807, 2.05) is 38.1 Å². The molecule has 164 valence electrons. The maximum Gasteiger partial charge on any atom is 0.418 e. The van der Waals surface area contributed by atoms with Gasteiger partial charge in [0.2, 0.25) is 5.91 Å². The maximum absolute atomic E-state index is 13.1. The van der Waals surface area contributed by atoms with Crippen LogP contribution in [-0.2, 0) is 24.1 Å². The average molecular weight is 450 g/mol. The fourth-order valence-corrected chi connectivity index (χ4v) is 3.69. The number of thioether (sulfide) groups is 1. The molecular formula is C21H21F3N4O2S. The Bertz CT molecular complexity index is 1050. The Morgan fingerprint density at radius 2 is 1.84 bits per heavy atom. The van der Waals surface area contributed by atoms with Crippen LogP contribution >= 0.6 is 11.8 Å². The van der Waals surface area contributed by atoms with Crippen molar-refractivity contribution in [2.75, 3.05) is 11.1 Å². The fraction of sp³-hybridized carbons (Fsp3) is 0.286. The second kappa shape index (κ2) is 9.86. The zero-order valence-corrected chi connectivity index (χ0v) is 17.8. The lowest BCUT2D eigenvalue weighted by Gasteiger charge is -2.13. The molecule has 1 heterocycles. The molecule has 0 spiro atoms. The zero-order chi connectivity index (χ0) is 22.4. The maximum atomic E-state index is 13.1. The van der Waals surface area contributed by atoms with Crippen LogP contribution in [0.25, 0.3) is 0 Å². The lowest BCUT2D eigenvalue weighted by atomic mass is 10.1. The van der Waals surface area contributed by atoms with E-state index in [0.29, 0.717) is 17.5 Å². The lowest BCUT2D eigenvalue weighted by Crippen LogP contribution is -2.18. The molecule has 1 aromatic heterocycles. The molecular weight excluding hydrogens is 429 g/mol. The van der Waals surface area contributed by atoms with E-state index in [4.69, 9.17) is 4.74 Å². The summed E-state index contributed by atoms with van der Waals surface area (Å²) in [6.45, 7) is 4.61. The van der Waals surface area contributed by atoms with Crippen molar-refractivity contribution in [3.63, 3.8) is 0 Å². The van der Waals surface area contributed by atoms with Crippen molar-refractivity contribution >= 4 is 23.4 Å². The quantitative estimate of drug-likeness (QED) is 0.493. The molecule has 0 atom stereocenters. The number of hydrogen-bond donors (Lipinski definition) is 1. The van der Waals surface area contributed by atoms with Gasteiger partial charge in [-0.05, 0) is 37.6 Å². The van der Waals surface area contributed by atoms with Gasteiger partial charge in [-0.3, -0.25) is 4.79 Å². The first-order valence-corrected chi connectivity index (χ1v) is 10.5. The second-order valence-electron chi connectivity index (χ2n) is 6.58. The van der Waals surface area contributed by atoms with Crippen LogP contribution in [0.1, 0.15) is 23.9 Å². The third-order valence-corrected chi connectivity index (χ3v) is 5.37. The monoisotopic (exact) mass is 450 g/mol. The van der Waals surface area contributed by atoms with Gasteiger partial charge in [-0.2, -0.15) is 13.2 Å². The molecule has 3 aromatic rings. The molecule has 1 N–H and O–H groups in total. The number of amides is 1. The highest BCUT2D eigenvalue weighted by atomic mass is 32.2. The van der Waals surface area contributed by atoms with Crippen molar-refractivity contribution in [2.24, 2.45) is 0 Å². The second-order valence-corrected chi connectivity index (χ2v) is 7.52. The van der Waals surface area contributed by atoms with Crippen molar-refractivity contribution in [3.05, 3.63) is 65.5 Å². The Morgan fingerprint density at radius 3 is 2.55 bits per heavy atom. The number of alkyl halides is 3. The predicted octanol–water partition coefficient (Wildman–Crippen LogP) is 4.94. The summed E-state index contributed by atoms with van der Waals surface area (Å²) in [7, 11) is 0. The number of benzene rings is 2. The summed E-state index contributed by atoms with van der Waals surface area (Å²) >= 11 is 1.10. The van der Waals surface area contributed by atoms with Crippen molar-refractivity contribution in [3.8, 4) is 5.75 Å². The minimum absolute atomic E-state index is 0.108. The Kier molecular flexibility index (Phi) is 7.21. The van der Waals surface area contributed by atoms with E-state index in [-0.39, 0.29) is 18.0 Å². The van der Waals surface area contributed by atoms with Crippen LogP contribution in [0.3, 0.4) is 0 Å². The largest absolute Gasteiger partial charge is 0.485 e. The zero-order valence-electron chi connectivity index (χ0n) is 16.9. The van der Waals surface area contributed by atoms with E-state index >= 15 is 0 Å². The predicted molar refractivity (Wildman–Crippen MR) is 112 cm³/mol. The molecule has 0 aliphatic rings. The van der Waals surface area contributed by atoms with Gasteiger partial charge in [-0.25, -0.2) is 0 Å². The van der Waals surface area contributed by atoms with Crippen molar-refractivity contribution in [1.82, 2.24) is 14.8 Å². The summed E-state index contributed by atoms with van der Waals surface area (Å²) in [5.41, 5.74) is -0.166. The van der Waals surface area contributed by atoms with Crippen LogP contribution in [0.4, 0.5) is 18.9 Å². The Hall–Kier alpha value is -3.01. The molecule has 2 aromatic carbocycles. The number of anilines is 1. The minimum atomic E-state index is -4.55. The summed E-state index contributed by atoms with van der Waals surface area (Å²) in [5.74, 6) is 0.661. The number of halogens is 3. The van der Waals surface area contributed by atoms with E-state index in [1.165, 1.54) is 18.2 Å². The number of aryl methyl sites for hydroxylation is 1. The van der Waals surface area contributed by atoms with Crippen LogP contribution < -0.4 is 10.1 Å². The topological polar surface area (TPSA) is 69.0 Å². The molecule has 0 unspecified atom stereocenters. The number of carbonyl (C=O) groups excluding carboxylic acids is 1. The number of nitrogens with zero attached hydrogens (tertiary/aromatic N) is 3. The number of ether oxygens (including phenoxy) is 1. The van der Waals surface area contributed by atoms with Gasteiger partial charge in [0.1, 0.15) is 12.4 Å². The Labute approximate surface area is 181 Å². The average Bonchev–Trinajstić information content (AvgIpc) is 3.13. The number of nitrogens with one attached hydrogen (secondary N) is 1. The van der Waals surface area contributed by atoms with Crippen LogP contribution in [0.5, 0.6) is 5.75 Å². The molecule has 0 saturated carbocycles. The van der Waals surface area contributed by atoms with Gasteiger partial charge in [-0.1, -0.05) is 42.1 Å². The summed E-state index contributed by atoms with van der Waals surface area (Å²) in [4.78, 5) is 12.2. The third-order valence-electron chi connectivity index (χ3n) is 4.40. The third kappa shape index (κ3) is 5.78. The van der Waals surface area contributed by atoms with Gasteiger partial charge in [0.25, 0.3) is 0 Å². The number of aromatic nitrogens is 3. The summed E-state index contributed by atoms with van der Waals surface area (Å²) < 4.78 is 46.9. The molecule has 0 radical (unpaired) electrons. The molecule has 0 bridgehead atoms. The standard InChI is InChI=1S/C21H21F3N4O2S/c1-3-28-18(12-30-17-11-7-4-8-14(17)2)26-27-20(28)31-13-19(29)25-16-10-6-5-9-15(16)21(22,23)24/h4-11H,3,12-13H2,1-2H3,(H,25,29). The van der Waals surface area contributed by atoms with E-state index in [0.717, 1.165) is 29.1 Å². The lowest BCUT2D eigenvalue weighted by molar-refractivity contribution is -0.137. The van der Waals surface area contributed by atoms with Crippen molar-refractivity contribution < 1.29 is 22.7 Å². The van der Waals surface area contributed by atoms with E-state index < -0.39 is 17.6 Å². The molecule has 6 nitrogen and oxygen atoms in total. The van der Waals surface area contributed by atoms with E-state index in [9.17, 15) is 18.0 Å². The normalized spacial score (nSPS) is 11.4. The van der Waals surface area contributed by atoms with Gasteiger partial charge < -0.3 is 14.6 Å². The first-order valence-electron chi connectivity index (χ1n) is 9.49. The minimum Gasteiger partial charge on any atom is -0.485 e. The number of carbonyl (C=O) groups is 1. The van der Waals surface area contributed by atoms with Crippen molar-refractivity contribution in [2.45, 2.75) is 38.3 Å². The first-order chi connectivity index (χ1) is 14.8. The molecule has 31 heavy (non-hydrogen) atoms. The number of rotatable bonds is 8. The number of para-hydroxylation sites is 2. The number of hydrogen-bond acceptors (Lipinski definition) is 5. The molecule has 10 heteroatoms. The Balaban J connectivity index is 1.62. The van der Waals surface area contributed by atoms with Gasteiger partial charge in [0.05, 0.1) is 17.0 Å². The highest BCUT2D eigenvalue weighted by Crippen LogP contribution is 2.34. The van der Waals surface area contributed by atoms with E-state index in [1.54, 1.807) is 4.57 Å². The molecule has 3 rings (SSSR count). The molecule has 0 fully saturated rings. The van der Waals surface area contributed by atoms with Crippen molar-refractivity contribution in [1.29, 1.82) is 0 Å². The highest BCUT2D eigenvalue weighted by molar-refractivity contribution is 7.99. The summed E-state index contributed by atoms with van der Waals surface area (Å²) in [6, 6.07) is 12.5. The molecule has 0 aliphatic carbocycles. The highest BCUT2D eigenvalue weighted by Gasteiger charge is 2.33. The smallest absolute Gasteiger partial charge is 0.418 e. The van der Waals surface area contributed by atoms with Gasteiger partial charge >= 0.3 is 6.18 Å². The molecule has 1 amide bonds. The van der Waals surface area contributed by atoms with Crippen LogP contribution in [0.2, 0.25) is 0 Å². The molecule has 0 aliphatic heterocycles. The summed E-state index contributed by atoms with van der Waals surface area (Å²) in [5, 5.41) is 11.0. The van der Waals surface area contributed by atoms with Gasteiger partial charge in [0, 0.05) is 6.54 Å². The fourth-order valence-electron chi connectivity index (χ4n) is 2.87. The van der Waals surface area contributed by atoms with Gasteiger partial charge in [0.15, 0.2) is 11.0 Å². The van der Waals surface area contributed by atoms with Crippen LogP contribution in [0.15, 0.2) is 53.7 Å². The van der Waals surface area contributed by atoms with Crippen LogP contribution in [-0.4, -0.2) is 26.4 Å². The SMILES string of the molecule is CCn1c(COc2ccccc2C)nnc1SCC(=O)Nc1ccccc1C(F)(F)F. The van der Waals surface area contributed by atoms with Crippen LogP contribution in [0, 0.1) is 6.92 Å². The van der Waals surface area contributed by atoms with Gasteiger partial charge in [-0.15, -0.1) is 10.2 Å². The molecule has 0 saturated heterocycles. The Morgan fingerprint density at radius 1 is 1.13 bits per heavy atom. The van der Waals surface area contributed by atoms with E-state index in [2.05, 4.69) is 15.5 Å². The summed E-state index contributed by atoms with van der Waals surface area (Å²) in [6.07, 6.45) is -4.55.